The molecule has 0 atom stereocenters. The third-order valence-electron chi connectivity index (χ3n) is 3.17. The monoisotopic (exact) mass is 258 g/mol. The van der Waals surface area contributed by atoms with Crippen LogP contribution >= 0.6 is 0 Å². The van der Waals surface area contributed by atoms with Crippen LogP contribution in [0.15, 0.2) is 29.1 Å². The standard InChI is InChI=1S/C13H14N4O2/c18-12-6-3-5-10(14-12)13(19)15-11-8-9-4-1-2-7-17(9)16-11/h3,5-6,8H,1-2,4,7H2,(H,14,18)(H,15,16,19). The minimum Gasteiger partial charge on any atom is -0.318 e. The number of rotatable bonds is 2. The highest BCUT2D eigenvalue weighted by Crippen LogP contribution is 2.18. The Morgan fingerprint density at radius 2 is 2.26 bits per heavy atom. The summed E-state index contributed by atoms with van der Waals surface area (Å²) in [6.07, 6.45) is 3.27. The summed E-state index contributed by atoms with van der Waals surface area (Å²) in [6.45, 7) is 0.896. The molecule has 1 amide bonds. The van der Waals surface area contributed by atoms with Gasteiger partial charge in [0.05, 0.1) is 0 Å². The summed E-state index contributed by atoms with van der Waals surface area (Å²) in [5.74, 6) is 0.180. The summed E-state index contributed by atoms with van der Waals surface area (Å²) >= 11 is 0. The van der Waals surface area contributed by atoms with Crippen molar-refractivity contribution in [2.45, 2.75) is 25.8 Å². The Kier molecular flexibility index (Phi) is 2.91. The van der Waals surface area contributed by atoms with Gasteiger partial charge in [0.2, 0.25) is 5.56 Å². The average molecular weight is 258 g/mol. The Labute approximate surface area is 109 Å². The molecule has 6 nitrogen and oxygen atoms in total. The average Bonchev–Trinajstić information content (AvgIpc) is 2.80. The Morgan fingerprint density at radius 1 is 1.37 bits per heavy atom. The van der Waals surface area contributed by atoms with E-state index in [0.29, 0.717) is 5.82 Å². The van der Waals surface area contributed by atoms with Crippen LogP contribution < -0.4 is 10.9 Å². The number of aryl methyl sites for hydroxylation is 2. The molecule has 2 N–H and O–H groups in total. The number of hydrogen-bond donors (Lipinski definition) is 2. The molecule has 0 aliphatic carbocycles. The van der Waals surface area contributed by atoms with Gasteiger partial charge in [-0.25, -0.2) is 0 Å². The molecule has 0 bridgehead atoms. The smallest absolute Gasteiger partial charge is 0.273 e. The van der Waals surface area contributed by atoms with Crippen LogP contribution in [-0.4, -0.2) is 20.7 Å². The van der Waals surface area contributed by atoms with Crippen molar-refractivity contribution in [3.63, 3.8) is 0 Å². The van der Waals surface area contributed by atoms with E-state index >= 15 is 0 Å². The number of aromatic amines is 1. The Morgan fingerprint density at radius 3 is 3.05 bits per heavy atom. The van der Waals surface area contributed by atoms with E-state index in [-0.39, 0.29) is 17.2 Å². The van der Waals surface area contributed by atoms with E-state index < -0.39 is 0 Å². The number of aromatic nitrogens is 3. The van der Waals surface area contributed by atoms with E-state index in [4.69, 9.17) is 0 Å². The molecule has 0 fully saturated rings. The zero-order chi connectivity index (χ0) is 13.2. The lowest BCUT2D eigenvalue weighted by Gasteiger charge is -2.11. The number of pyridine rings is 1. The molecule has 0 unspecified atom stereocenters. The van der Waals surface area contributed by atoms with Crippen LogP contribution in [-0.2, 0) is 13.0 Å². The fraction of sp³-hybridized carbons (Fsp3) is 0.308. The Balaban J connectivity index is 1.79. The van der Waals surface area contributed by atoms with E-state index in [0.717, 1.165) is 31.5 Å². The molecule has 3 rings (SSSR count). The maximum absolute atomic E-state index is 11.9. The summed E-state index contributed by atoms with van der Waals surface area (Å²) in [5, 5.41) is 7.03. The van der Waals surface area contributed by atoms with Crippen LogP contribution in [0.25, 0.3) is 0 Å². The van der Waals surface area contributed by atoms with Crippen LogP contribution in [0.3, 0.4) is 0 Å². The van der Waals surface area contributed by atoms with Crippen LogP contribution in [0.2, 0.25) is 0 Å². The molecular weight excluding hydrogens is 244 g/mol. The van der Waals surface area contributed by atoms with Crippen LogP contribution in [0.4, 0.5) is 5.82 Å². The maximum atomic E-state index is 11.9. The van der Waals surface area contributed by atoms with Gasteiger partial charge in [0, 0.05) is 24.4 Å². The highest BCUT2D eigenvalue weighted by atomic mass is 16.2. The molecule has 6 heteroatoms. The summed E-state index contributed by atoms with van der Waals surface area (Å²) in [5.41, 5.74) is 1.08. The van der Waals surface area contributed by atoms with Gasteiger partial charge in [0.1, 0.15) is 5.69 Å². The molecule has 0 saturated heterocycles. The SMILES string of the molecule is O=C(Nc1cc2n(n1)CCCC2)c1cccc(=O)[nH]1. The van der Waals surface area contributed by atoms with Crippen molar-refractivity contribution in [1.29, 1.82) is 0 Å². The van der Waals surface area contributed by atoms with Crippen LogP contribution in [0, 0.1) is 0 Å². The van der Waals surface area contributed by atoms with Gasteiger partial charge in [-0.2, -0.15) is 5.10 Å². The molecule has 3 heterocycles. The summed E-state index contributed by atoms with van der Waals surface area (Å²) in [6, 6.07) is 6.36. The lowest BCUT2D eigenvalue weighted by atomic mass is 10.1. The number of carbonyl (C=O) groups excluding carboxylic acids is 1. The fourth-order valence-corrected chi connectivity index (χ4v) is 2.24. The topological polar surface area (TPSA) is 79.8 Å². The second-order valence-corrected chi connectivity index (χ2v) is 4.58. The van der Waals surface area contributed by atoms with Crippen molar-refractivity contribution < 1.29 is 4.79 Å². The largest absolute Gasteiger partial charge is 0.318 e. The van der Waals surface area contributed by atoms with Gasteiger partial charge in [-0.3, -0.25) is 14.3 Å². The number of carbonyl (C=O) groups is 1. The number of amides is 1. The number of fused-ring (bicyclic) bond motifs is 1. The summed E-state index contributed by atoms with van der Waals surface area (Å²) in [7, 11) is 0. The first kappa shape index (κ1) is 11.7. The molecule has 2 aromatic heterocycles. The molecule has 1 aliphatic rings. The van der Waals surface area contributed by atoms with Crippen molar-refractivity contribution in [3.05, 3.63) is 46.0 Å². The first-order chi connectivity index (χ1) is 9.22. The van der Waals surface area contributed by atoms with Gasteiger partial charge in [0.25, 0.3) is 5.91 Å². The van der Waals surface area contributed by atoms with Crippen molar-refractivity contribution in [2.24, 2.45) is 0 Å². The zero-order valence-corrected chi connectivity index (χ0v) is 10.3. The molecule has 0 radical (unpaired) electrons. The van der Waals surface area contributed by atoms with Crippen molar-refractivity contribution in [1.82, 2.24) is 14.8 Å². The van der Waals surface area contributed by atoms with E-state index in [9.17, 15) is 9.59 Å². The third-order valence-corrected chi connectivity index (χ3v) is 3.17. The molecular formula is C13H14N4O2. The lowest BCUT2D eigenvalue weighted by molar-refractivity contribution is 0.102. The number of hydrogen-bond acceptors (Lipinski definition) is 3. The third kappa shape index (κ3) is 2.42. The highest BCUT2D eigenvalue weighted by Gasteiger charge is 2.14. The number of nitrogens with zero attached hydrogens (tertiary/aromatic N) is 2. The van der Waals surface area contributed by atoms with Crippen LogP contribution in [0.1, 0.15) is 29.0 Å². The zero-order valence-electron chi connectivity index (χ0n) is 10.3. The summed E-state index contributed by atoms with van der Waals surface area (Å²) in [4.78, 5) is 25.6. The van der Waals surface area contributed by atoms with E-state index in [1.165, 1.54) is 6.07 Å². The van der Waals surface area contributed by atoms with Crippen molar-refractivity contribution in [2.75, 3.05) is 5.32 Å². The number of nitrogens with one attached hydrogen (secondary N) is 2. The van der Waals surface area contributed by atoms with Crippen molar-refractivity contribution in [3.8, 4) is 0 Å². The minimum atomic E-state index is -0.354. The van der Waals surface area contributed by atoms with Gasteiger partial charge in [-0.05, 0) is 25.3 Å². The van der Waals surface area contributed by atoms with Crippen molar-refractivity contribution >= 4 is 11.7 Å². The maximum Gasteiger partial charge on any atom is 0.273 e. The first-order valence-electron chi connectivity index (χ1n) is 6.30. The molecule has 2 aromatic rings. The Bertz CT molecular complexity index is 648. The second-order valence-electron chi connectivity index (χ2n) is 4.58. The summed E-state index contributed by atoms with van der Waals surface area (Å²) < 4.78 is 1.92. The lowest BCUT2D eigenvalue weighted by Crippen LogP contribution is -2.18. The fourth-order valence-electron chi connectivity index (χ4n) is 2.24. The second kappa shape index (κ2) is 4.72. The molecule has 0 saturated carbocycles. The predicted molar refractivity (Wildman–Crippen MR) is 70.2 cm³/mol. The Hall–Kier alpha value is -2.37. The quantitative estimate of drug-likeness (QED) is 0.848. The molecule has 98 valence electrons. The van der Waals surface area contributed by atoms with Gasteiger partial charge in [-0.15, -0.1) is 0 Å². The van der Waals surface area contributed by atoms with Gasteiger partial charge in [-0.1, -0.05) is 6.07 Å². The van der Waals surface area contributed by atoms with Crippen LogP contribution in [0.5, 0.6) is 0 Å². The molecule has 19 heavy (non-hydrogen) atoms. The number of anilines is 1. The highest BCUT2D eigenvalue weighted by molar-refractivity contribution is 6.02. The minimum absolute atomic E-state index is 0.235. The van der Waals surface area contributed by atoms with E-state index in [1.54, 1.807) is 12.1 Å². The number of H-pyrrole nitrogens is 1. The molecule has 1 aliphatic heterocycles. The van der Waals surface area contributed by atoms with E-state index in [2.05, 4.69) is 15.4 Å². The molecule has 0 spiro atoms. The molecule has 0 aromatic carbocycles. The van der Waals surface area contributed by atoms with Gasteiger partial charge in [0.15, 0.2) is 5.82 Å². The normalized spacial score (nSPS) is 13.9. The van der Waals surface area contributed by atoms with E-state index in [1.807, 2.05) is 10.7 Å². The predicted octanol–water partition coefficient (Wildman–Crippen LogP) is 1.16. The van der Waals surface area contributed by atoms with Gasteiger partial charge < -0.3 is 10.3 Å². The van der Waals surface area contributed by atoms with Gasteiger partial charge >= 0.3 is 0 Å². The first-order valence-corrected chi connectivity index (χ1v) is 6.30.